The number of carbonyl (C=O) groups is 1. The average Bonchev–Trinajstić information content (AvgIpc) is 2.27. The number of carboxylic acids is 1. The lowest BCUT2D eigenvalue weighted by molar-refractivity contribution is -0.385. The predicted octanol–water partition coefficient (Wildman–Crippen LogP) is 0.122. The van der Waals surface area contributed by atoms with Crippen LogP contribution in [0.2, 0.25) is 5.15 Å². The standard InChI is InChI=1S/C8H7ClN2O6/c9-7-4(5(12)6(13)8(14)15)1-3(2-10-7)11(16)17/h1-2,5-6,12-13H,(H,14,15). The van der Waals surface area contributed by atoms with E-state index in [0.717, 1.165) is 12.3 Å². The number of halogens is 1. The molecule has 0 amide bonds. The quantitative estimate of drug-likeness (QED) is 0.398. The number of hydrogen-bond donors (Lipinski definition) is 3. The lowest BCUT2D eigenvalue weighted by Gasteiger charge is -2.14. The Bertz CT molecular complexity index is 465. The first-order chi connectivity index (χ1) is 7.84. The van der Waals surface area contributed by atoms with Gasteiger partial charge in [0.25, 0.3) is 5.69 Å². The Labute approximate surface area is 99.2 Å². The molecule has 2 atom stereocenters. The van der Waals surface area contributed by atoms with E-state index in [1.54, 1.807) is 0 Å². The van der Waals surface area contributed by atoms with Gasteiger partial charge in [0.05, 0.1) is 4.92 Å². The topological polar surface area (TPSA) is 134 Å². The van der Waals surface area contributed by atoms with Crippen molar-refractivity contribution in [3.05, 3.63) is 33.1 Å². The van der Waals surface area contributed by atoms with Gasteiger partial charge < -0.3 is 15.3 Å². The number of carboxylic acid groups (broad SMARTS) is 1. The minimum atomic E-state index is -2.14. The molecular formula is C8H7ClN2O6. The van der Waals surface area contributed by atoms with Crippen LogP contribution in [0, 0.1) is 10.1 Å². The molecule has 0 aromatic carbocycles. The number of aliphatic hydroxyl groups is 2. The van der Waals surface area contributed by atoms with E-state index in [1.807, 2.05) is 0 Å². The first-order valence-electron chi connectivity index (χ1n) is 4.23. The molecule has 1 aromatic heterocycles. The number of aliphatic hydroxyl groups excluding tert-OH is 2. The van der Waals surface area contributed by atoms with Crippen LogP contribution in [-0.2, 0) is 4.79 Å². The van der Waals surface area contributed by atoms with Crippen molar-refractivity contribution in [1.29, 1.82) is 0 Å². The summed E-state index contributed by atoms with van der Waals surface area (Å²) in [6.45, 7) is 0. The molecule has 0 aliphatic rings. The second kappa shape index (κ2) is 5.04. The Hall–Kier alpha value is -1.77. The maximum absolute atomic E-state index is 10.5. The molecule has 8 nitrogen and oxygen atoms in total. The third-order valence-electron chi connectivity index (χ3n) is 1.93. The Morgan fingerprint density at radius 3 is 2.59 bits per heavy atom. The van der Waals surface area contributed by atoms with Crippen LogP contribution in [0.3, 0.4) is 0 Å². The monoisotopic (exact) mass is 262 g/mol. The second-order valence-electron chi connectivity index (χ2n) is 3.06. The van der Waals surface area contributed by atoms with E-state index in [2.05, 4.69) is 4.98 Å². The lowest BCUT2D eigenvalue weighted by atomic mass is 10.1. The number of nitrogens with zero attached hydrogens (tertiary/aromatic N) is 2. The Kier molecular flexibility index (Phi) is 3.94. The van der Waals surface area contributed by atoms with Crippen LogP contribution in [0.1, 0.15) is 11.7 Å². The number of hydrogen-bond acceptors (Lipinski definition) is 6. The van der Waals surface area contributed by atoms with Gasteiger partial charge in [0.15, 0.2) is 6.10 Å². The van der Waals surface area contributed by atoms with Crippen LogP contribution in [-0.4, -0.2) is 37.3 Å². The van der Waals surface area contributed by atoms with E-state index in [1.165, 1.54) is 0 Å². The summed E-state index contributed by atoms with van der Waals surface area (Å²) >= 11 is 5.55. The molecule has 17 heavy (non-hydrogen) atoms. The van der Waals surface area contributed by atoms with Gasteiger partial charge in [0, 0.05) is 11.6 Å². The van der Waals surface area contributed by atoms with Gasteiger partial charge in [0.2, 0.25) is 0 Å². The highest BCUT2D eigenvalue weighted by Gasteiger charge is 2.28. The molecule has 3 N–H and O–H groups in total. The van der Waals surface area contributed by atoms with E-state index in [4.69, 9.17) is 21.8 Å². The molecule has 0 radical (unpaired) electrons. The zero-order chi connectivity index (χ0) is 13.2. The molecule has 2 unspecified atom stereocenters. The van der Waals surface area contributed by atoms with Crippen LogP contribution in [0.25, 0.3) is 0 Å². The van der Waals surface area contributed by atoms with Crippen LogP contribution in [0.4, 0.5) is 5.69 Å². The van der Waals surface area contributed by atoms with Gasteiger partial charge in [-0.3, -0.25) is 10.1 Å². The van der Waals surface area contributed by atoms with Crippen LogP contribution < -0.4 is 0 Å². The van der Waals surface area contributed by atoms with Crippen molar-refractivity contribution in [1.82, 2.24) is 4.98 Å². The molecule has 1 heterocycles. The number of rotatable bonds is 4. The molecule has 0 saturated heterocycles. The van der Waals surface area contributed by atoms with E-state index < -0.39 is 28.8 Å². The summed E-state index contributed by atoms with van der Waals surface area (Å²) in [7, 11) is 0. The molecule has 0 aliphatic carbocycles. The van der Waals surface area contributed by atoms with Gasteiger partial charge in [-0.1, -0.05) is 11.6 Å². The first kappa shape index (κ1) is 13.3. The predicted molar refractivity (Wildman–Crippen MR) is 54.5 cm³/mol. The van der Waals surface area contributed by atoms with Crippen molar-refractivity contribution in [2.45, 2.75) is 12.2 Å². The van der Waals surface area contributed by atoms with Crippen LogP contribution >= 0.6 is 11.6 Å². The van der Waals surface area contributed by atoms with Crippen molar-refractivity contribution in [3.63, 3.8) is 0 Å². The van der Waals surface area contributed by atoms with E-state index in [0.29, 0.717) is 0 Å². The van der Waals surface area contributed by atoms with Gasteiger partial charge in [-0.25, -0.2) is 9.78 Å². The lowest BCUT2D eigenvalue weighted by Crippen LogP contribution is -2.27. The zero-order valence-corrected chi connectivity index (χ0v) is 8.90. The second-order valence-corrected chi connectivity index (χ2v) is 3.42. The van der Waals surface area contributed by atoms with Gasteiger partial charge in [0.1, 0.15) is 17.5 Å². The van der Waals surface area contributed by atoms with Crippen molar-refractivity contribution in [2.24, 2.45) is 0 Å². The third-order valence-corrected chi connectivity index (χ3v) is 2.25. The number of aliphatic carboxylic acids is 1. The van der Waals surface area contributed by atoms with Crippen LogP contribution in [0.15, 0.2) is 12.3 Å². The highest BCUT2D eigenvalue weighted by atomic mass is 35.5. The normalized spacial score (nSPS) is 14.1. The minimum absolute atomic E-state index is 0.316. The van der Waals surface area contributed by atoms with E-state index >= 15 is 0 Å². The van der Waals surface area contributed by atoms with Crippen molar-refractivity contribution >= 4 is 23.3 Å². The van der Waals surface area contributed by atoms with Crippen LogP contribution in [0.5, 0.6) is 0 Å². The molecular weight excluding hydrogens is 256 g/mol. The minimum Gasteiger partial charge on any atom is -0.479 e. The largest absolute Gasteiger partial charge is 0.479 e. The maximum atomic E-state index is 10.5. The SMILES string of the molecule is O=C(O)C(O)C(O)c1cc([N+](=O)[O-])cnc1Cl. The molecule has 92 valence electrons. The summed E-state index contributed by atoms with van der Waals surface area (Å²) < 4.78 is 0. The number of nitro groups is 1. The summed E-state index contributed by atoms with van der Waals surface area (Å²) in [6.07, 6.45) is -3.19. The first-order valence-corrected chi connectivity index (χ1v) is 4.61. The number of pyridine rings is 1. The molecule has 1 rings (SSSR count). The van der Waals surface area contributed by atoms with Gasteiger partial charge >= 0.3 is 5.97 Å². The molecule has 0 fully saturated rings. The van der Waals surface area contributed by atoms with Crippen molar-refractivity contribution < 1.29 is 25.0 Å². The highest BCUT2D eigenvalue weighted by molar-refractivity contribution is 6.30. The van der Waals surface area contributed by atoms with Gasteiger partial charge in [-0.15, -0.1) is 0 Å². The molecule has 9 heteroatoms. The Morgan fingerprint density at radius 1 is 1.53 bits per heavy atom. The average molecular weight is 263 g/mol. The van der Waals surface area contributed by atoms with E-state index in [-0.39, 0.29) is 10.7 Å². The summed E-state index contributed by atoms with van der Waals surface area (Å²) in [5, 5.41) is 37.2. The molecule has 0 saturated carbocycles. The molecule has 1 aromatic rings. The summed E-state index contributed by atoms with van der Waals surface area (Å²) in [6, 6.07) is 0.853. The van der Waals surface area contributed by atoms with Gasteiger partial charge in [-0.2, -0.15) is 0 Å². The summed E-state index contributed by atoms with van der Waals surface area (Å²) in [5.74, 6) is -1.68. The maximum Gasteiger partial charge on any atom is 0.335 e. The van der Waals surface area contributed by atoms with Gasteiger partial charge in [-0.05, 0) is 0 Å². The van der Waals surface area contributed by atoms with Crippen molar-refractivity contribution in [2.75, 3.05) is 0 Å². The molecule has 0 bridgehead atoms. The van der Waals surface area contributed by atoms with E-state index in [9.17, 15) is 20.0 Å². The summed E-state index contributed by atoms with van der Waals surface area (Å²) in [5.41, 5.74) is -0.795. The zero-order valence-electron chi connectivity index (χ0n) is 8.15. The highest BCUT2D eigenvalue weighted by Crippen LogP contribution is 2.27. The van der Waals surface area contributed by atoms with Crippen molar-refractivity contribution in [3.8, 4) is 0 Å². The molecule has 0 aliphatic heterocycles. The Morgan fingerprint density at radius 2 is 2.12 bits per heavy atom. The fraction of sp³-hybridized carbons (Fsp3) is 0.250. The fourth-order valence-corrected chi connectivity index (χ4v) is 1.28. The summed E-state index contributed by atoms with van der Waals surface area (Å²) in [4.78, 5) is 23.5. The fourth-order valence-electron chi connectivity index (χ4n) is 1.07. The third kappa shape index (κ3) is 2.87. The Balaban J connectivity index is 3.16. The smallest absolute Gasteiger partial charge is 0.335 e. The molecule has 0 spiro atoms. The number of aromatic nitrogens is 1.